The molecule has 1 aromatic carbocycles. The smallest absolute Gasteiger partial charge is 0.229 e. The predicted octanol–water partition coefficient (Wildman–Crippen LogP) is 3.80. The molecule has 0 fully saturated rings. The van der Waals surface area contributed by atoms with Crippen LogP contribution in [-0.4, -0.2) is 29.5 Å². The summed E-state index contributed by atoms with van der Waals surface area (Å²) in [6.07, 6.45) is 4.48. The van der Waals surface area contributed by atoms with Crippen LogP contribution in [0.3, 0.4) is 0 Å². The van der Waals surface area contributed by atoms with E-state index in [-0.39, 0.29) is 24.0 Å². The second-order valence-electron chi connectivity index (χ2n) is 8.05. The average molecular weight is 467 g/mol. The minimum Gasteiger partial charge on any atom is -0.483 e. The molecule has 0 spiro atoms. The Bertz CT molecular complexity index is 1100. The van der Waals surface area contributed by atoms with Gasteiger partial charge in [0, 0.05) is 16.2 Å². The summed E-state index contributed by atoms with van der Waals surface area (Å²) in [6.45, 7) is 3.93. The number of benzene rings is 1. The Labute approximate surface area is 198 Å². The quantitative estimate of drug-likeness (QED) is 0.307. The number of aryl methyl sites for hydroxylation is 1. The molecule has 3 rings (SSSR count). The fraction of sp³-hybridized carbons (Fsp3) is 0.320. The molecular weight excluding hydrogens is 436 g/mol. The second kappa shape index (κ2) is 10.6. The van der Waals surface area contributed by atoms with Crippen LogP contribution < -0.4 is 16.8 Å². The van der Waals surface area contributed by atoms with Crippen LogP contribution in [-0.2, 0) is 22.4 Å². The van der Waals surface area contributed by atoms with Crippen molar-refractivity contribution in [2.45, 2.75) is 38.0 Å². The number of rotatable bonds is 8. The van der Waals surface area contributed by atoms with Gasteiger partial charge in [-0.05, 0) is 67.5 Å². The number of carbonyl (C=O) groups is 2. The molecule has 1 unspecified atom stereocenters. The number of aromatic nitrogens is 1. The fourth-order valence-electron chi connectivity index (χ4n) is 3.69. The largest absolute Gasteiger partial charge is 0.483 e. The molecule has 1 aromatic heterocycles. The lowest BCUT2D eigenvalue weighted by Crippen LogP contribution is -2.38. The van der Waals surface area contributed by atoms with E-state index in [1.807, 2.05) is 31.2 Å². The first-order valence-corrected chi connectivity index (χ1v) is 11.8. The molecule has 0 saturated heterocycles. The molecule has 33 heavy (non-hydrogen) atoms. The SMILES string of the molecule is CCSc1ccc(CC(=O)Nc2ccc3c(n2)CCC(C)(/C(N)=C/C=C(\N)OC)C3=O)cc1. The maximum Gasteiger partial charge on any atom is 0.229 e. The fourth-order valence-corrected chi connectivity index (χ4v) is 4.35. The van der Waals surface area contributed by atoms with E-state index in [4.69, 9.17) is 16.2 Å². The number of allylic oxidation sites excluding steroid dienone is 3. The Balaban J connectivity index is 1.70. The summed E-state index contributed by atoms with van der Waals surface area (Å²) in [5.41, 5.74) is 13.5. The first-order valence-electron chi connectivity index (χ1n) is 10.8. The molecule has 1 aliphatic carbocycles. The number of nitrogens with zero attached hydrogens (tertiary/aromatic N) is 1. The van der Waals surface area contributed by atoms with Gasteiger partial charge in [0.05, 0.1) is 24.6 Å². The van der Waals surface area contributed by atoms with E-state index in [0.29, 0.717) is 35.6 Å². The number of thioether (sulfide) groups is 1. The van der Waals surface area contributed by atoms with E-state index in [2.05, 4.69) is 17.2 Å². The Morgan fingerprint density at radius 1 is 1.21 bits per heavy atom. The number of hydrogen-bond donors (Lipinski definition) is 3. The lowest BCUT2D eigenvalue weighted by Gasteiger charge is -2.33. The number of ketones is 1. The van der Waals surface area contributed by atoms with Crippen molar-refractivity contribution < 1.29 is 14.3 Å². The van der Waals surface area contributed by atoms with Gasteiger partial charge in [-0.25, -0.2) is 4.98 Å². The molecule has 1 amide bonds. The zero-order chi connectivity index (χ0) is 24.0. The van der Waals surface area contributed by atoms with Crippen molar-refractivity contribution in [2.75, 3.05) is 18.2 Å². The number of nitrogens with one attached hydrogen (secondary N) is 1. The molecule has 8 heteroatoms. The van der Waals surface area contributed by atoms with Gasteiger partial charge in [0.1, 0.15) is 5.82 Å². The Hall–Kier alpha value is -3.26. The monoisotopic (exact) mass is 466 g/mol. The molecule has 1 atom stereocenters. The van der Waals surface area contributed by atoms with Gasteiger partial charge in [0.2, 0.25) is 5.91 Å². The molecule has 5 N–H and O–H groups in total. The molecule has 0 aliphatic heterocycles. The average Bonchev–Trinajstić information content (AvgIpc) is 2.81. The number of carbonyl (C=O) groups excluding carboxylic acids is 2. The summed E-state index contributed by atoms with van der Waals surface area (Å²) in [7, 11) is 1.46. The Morgan fingerprint density at radius 2 is 1.94 bits per heavy atom. The predicted molar refractivity (Wildman–Crippen MR) is 132 cm³/mol. The van der Waals surface area contributed by atoms with Crippen LogP contribution in [0.5, 0.6) is 0 Å². The van der Waals surface area contributed by atoms with Gasteiger partial charge < -0.3 is 21.5 Å². The summed E-state index contributed by atoms with van der Waals surface area (Å²) in [4.78, 5) is 31.4. The minimum absolute atomic E-state index is 0.0997. The van der Waals surface area contributed by atoms with E-state index < -0.39 is 5.41 Å². The van der Waals surface area contributed by atoms with Crippen LogP contribution in [0.4, 0.5) is 5.82 Å². The highest BCUT2D eigenvalue weighted by molar-refractivity contribution is 7.99. The van der Waals surface area contributed by atoms with Gasteiger partial charge in [-0.2, -0.15) is 0 Å². The van der Waals surface area contributed by atoms with Crippen molar-refractivity contribution in [1.82, 2.24) is 4.98 Å². The summed E-state index contributed by atoms with van der Waals surface area (Å²) < 4.78 is 4.91. The lowest BCUT2D eigenvalue weighted by molar-refractivity contribution is -0.115. The van der Waals surface area contributed by atoms with Crippen LogP contribution in [0, 0.1) is 5.41 Å². The molecule has 2 aromatic rings. The molecule has 7 nitrogen and oxygen atoms in total. The molecule has 0 saturated carbocycles. The van der Waals surface area contributed by atoms with E-state index in [0.717, 1.165) is 11.3 Å². The van der Waals surface area contributed by atoms with Crippen molar-refractivity contribution in [1.29, 1.82) is 0 Å². The number of methoxy groups -OCH3 is 1. The van der Waals surface area contributed by atoms with Gasteiger partial charge >= 0.3 is 0 Å². The number of amides is 1. The maximum absolute atomic E-state index is 13.2. The zero-order valence-corrected chi connectivity index (χ0v) is 20.0. The summed E-state index contributed by atoms with van der Waals surface area (Å²) in [5, 5.41) is 2.84. The summed E-state index contributed by atoms with van der Waals surface area (Å²) >= 11 is 1.76. The van der Waals surface area contributed by atoms with Crippen LogP contribution in [0.1, 0.15) is 41.9 Å². The third-order valence-corrected chi connectivity index (χ3v) is 6.64. The standard InChI is InChI=1S/C25H30N4O3S/c1-4-33-17-7-5-16(6-8-17)15-23(30)29-22-12-9-18-19(28-22)13-14-25(2,24(18)31)20(26)10-11-21(27)32-3/h5-12H,4,13-15,26-27H2,1-3H3,(H,28,29,30)/b20-10-,21-11+. The number of hydrogen-bond acceptors (Lipinski definition) is 7. The third kappa shape index (κ3) is 5.76. The number of fused-ring (bicyclic) bond motifs is 1. The second-order valence-corrected chi connectivity index (χ2v) is 9.39. The van der Waals surface area contributed by atoms with Crippen molar-refractivity contribution in [3.63, 3.8) is 0 Å². The summed E-state index contributed by atoms with van der Waals surface area (Å²) in [5.74, 6) is 1.40. The van der Waals surface area contributed by atoms with Gasteiger partial charge in [-0.3, -0.25) is 9.59 Å². The van der Waals surface area contributed by atoms with Crippen molar-refractivity contribution in [3.05, 3.63) is 77.0 Å². The molecule has 1 aliphatic rings. The van der Waals surface area contributed by atoms with Crippen LogP contribution in [0.2, 0.25) is 0 Å². The number of anilines is 1. The van der Waals surface area contributed by atoms with Gasteiger partial charge in [-0.15, -0.1) is 11.8 Å². The van der Waals surface area contributed by atoms with Gasteiger partial charge in [-0.1, -0.05) is 19.1 Å². The van der Waals surface area contributed by atoms with E-state index in [9.17, 15) is 9.59 Å². The molecule has 0 bridgehead atoms. The highest BCUT2D eigenvalue weighted by Crippen LogP contribution is 2.39. The normalized spacial score (nSPS) is 18.6. The van der Waals surface area contributed by atoms with Gasteiger partial charge in [0.15, 0.2) is 11.7 Å². The third-order valence-electron chi connectivity index (χ3n) is 5.75. The highest BCUT2D eigenvalue weighted by Gasteiger charge is 2.41. The zero-order valence-electron chi connectivity index (χ0n) is 19.2. The number of nitrogens with two attached hydrogens (primary N) is 2. The Kier molecular flexibility index (Phi) is 7.81. The molecule has 0 radical (unpaired) electrons. The van der Waals surface area contributed by atoms with E-state index >= 15 is 0 Å². The van der Waals surface area contributed by atoms with E-state index in [1.165, 1.54) is 18.1 Å². The molecular formula is C25H30N4O3S. The minimum atomic E-state index is -0.855. The number of pyridine rings is 1. The van der Waals surface area contributed by atoms with Crippen LogP contribution in [0.15, 0.2) is 65.0 Å². The van der Waals surface area contributed by atoms with Crippen molar-refractivity contribution in [3.8, 4) is 0 Å². The Morgan fingerprint density at radius 3 is 2.61 bits per heavy atom. The van der Waals surface area contributed by atoms with E-state index in [1.54, 1.807) is 30.0 Å². The highest BCUT2D eigenvalue weighted by atomic mass is 32.2. The lowest BCUT2D eigenvalue weighted by atomic mass is 9.71. The van der Waals surface area contributed by atoms with Gasteiger partial charge in [0.25, 0.3) is 0 Å². The number of Topliss-reactive ketones (excluding diaryl/α,β-unsaturated/α-hetero) is 1. The molecule has 174 valence electrons. The first-order chi connectivity index (χ1) is 15.8. The van der Waals surface area contributed by atoms with Crippen molar-refractivity contribution in [2.24, 2.45) is 16.9 Å². The molecule has 1 heterocycles. The van der Waals surface area contributed by atoms with Crippen molar-refractivity contribution >= 4 is 29.3 Å². The maximum atomic E-state index is 13.2. The number of ether oxygens (including phenoxy) is 1. The topological polar surface area (TPSA) is 120 Å². The first kappa shape index (κ1) is 24.4. The van der Waals surface area contributed by atoms with Crippen LogP contribution >= 0.6 is 11.8 Å². The summed E-state index contributed by atoms with van der Waals surface area (Å²) in [6, 6.07) is 11.3. The van der Waals surface area contributed by atoms with Crippen LogP contribution in [0.25, 0.3) is 0 Å².